The second kappa shape index (κ2) is 5.52. The van der Waals surface area contributed by atoms with Crippen LogP contribution < -0.4 is 5.32 Å². The lowest BCUT2D eigenvalue weighted by molar-refractivity contribution is 1.15. The Kier molecular flexibility index (Phi) is 4.25. The van der Waals surface area contributed by atoms with Crippen molar-refractivity contribution in [1.82, 2.24) is 9.97 Å². The van der Waals surface area contributed by atoms with Crippen molar-refractivity contribution < 1.29 is 0 Å². The molecule has 1 aromatic carbocycles. The second-order valence-corrected chi connectivity index (χ2v) is 5.55. The first-order valence-electron chi connectivity index (χ1n) is 4.46. The van der Waals surface area contributed by atoms with Crippen LogP contribution in [0, 0.1) is 0 Å². The molecule has 3 nitrogen and oxygen atoms in total. The van der Waals surface area contributed by atoms with Crippen molar-refractivity contribution in [2.75, 3.05) is 5.32 Å². The number of nitrogens with zero attached hydrogens (tertiary/aromatic N) is 2. The Balaban J connectivity index is 2.38. The molecule has 17 heavy (non-hydrogen) atoms. The monoisotopic (exact) mass is 395 g/mol. The van der Waals surface area contributed by atoms with Crippen molar-refractivity contribution in [3.8, 4) is 0 Å². The van der Waals surface area contributed by atoms with Gasteiger partial charge in [-0.05, 0) is 34.1 Å². The molecule has 0 atom stereocenters. The van der Waals surface area contributed by atoms with Gasteiger partial charge in [0.1, 0.15) is 17.3 Å². The van der Waals surface area contributed by atoms with Gasteiger partial charge in [0.2, 0.25) is 0 Å². The first-order chi connectivity index (χ1) is 8.08. The molecule has 2 aromatic rings. The summed E-state index contributed by atoms with van der Waals surface area (Å²) in [5.74, 6) is 0.560. The molecule has 1 N–H and O–H groups in total. The van der Waals surface area contributed by atoms with Crippen LogP contribution in [-0.4, -0.2) is 9.97 Å². The van der Waals surface area contributed by atoms with Gasteiger partial charge in [-0.3, -0.25) is 0 Å². The van der Waals surface area contributed by atoms with Crippen molar-refractivity contribution in [3.05, 3.63) is 43.6 Å². The lowest BCUT2D eigenvalue weighted by atomic mass is 10.3. The average molecular weight is 398 g/mol. The largest absolute Gasteiger partial charge is 0.338 e. The average Bonchev–Trinajstić information content (AvgIpc) is 2.30. The summed E-state index contributed by atoms with van der Waals surface area (Å²) in [5.41, 5.74) is 0.733. The highest BCUT2D eigenvalue weighted by Crippen LogP contribution is 2.32. The Morgan fingerprint density at radius 3 is 2.65 bits per heavy atom. The van der Waals surface area contributed by atoms with E-state index in [0.29, 0.717) is 20.5 Å². The van der Waals surface area contributed by atoms with Gasteiger partial charge in [-0.2, -0.15) is 0 Å². The van der Waals surface area contributed by atoms with E-state index < -0.39 is 0 Å². The number of nitrogens with one attached hydrogen (secondary N) is 1. The number of rotatable bonds is 2. The van der Waals surface area contributed by atoms with Crippen LogP contribution in [-0.2, 0) is 0 Å². The Morgan fingerprint density at radius 2 is 1.88 bits per heavy atom. The fraction of sp³-hybridized carbons (Fsp3) is 0. The zero-order valence-electron chi connectivity index (χ0n) is 8.22. The highest BCUT2D eigenvalue weighted by molar-refractivity contribution is 9.11. The summed E-state index contributed by atoms with van der Waals surface area (Å²) >= 11 is 18.6. The zero-order chi connectivity index (χ0) is 12.4. The number of hydrogen-bond acceptors (Lipinski definition) is 3. The molecule has 0 aliphatic rings. The molecule has 0 saturated carbocycles. The van der Waals surface area contributed by atoms with Gasteiger partial charge >= 0.3 is 0 Å². The van der Waals surface area contributed by atoms with Crippen LogP contribution in [0.3, 0.4) is 0 Å². The molecule has 0 bridgehead atoms. The molecule has 0 aliphatic carbocycles. The van der Waals surface area contributed by atoms with Gasteiger partial charge in [0.15, 0.2) is 0 Å². The Bertz CT molecular complexity index is 563. The maximum atomic E-state index is 6.06. The van der Waals surface area contributed by atoms with Gasteiger partial charge in [-0.15, -0.1) is 0 Å². The van der Waals surface area contributed by atoms with E-state index in [0.717, 1.165) is 10.2 Å². The molecule has 0 fully saturated rings. The zero-order valence-corrected chi connectivity index (χ0v) is 12.9. The van der Waals surface area contributed by atoms with Crippen LogP contribution in [0.2, 0.25) is 10.2 Å². The van der Waals surface area contributed by atoms with E-state index in [-0.39, 0.29) is 0 Å². The number of hydrogen-bond donors (Lipinski definition) is 1. The summed E-state index contributed by atoms with van der Waals surface area (Å²) in [7, 11) is 0. The number of anilines is 2. The fourth-order valence-corrected chi connectivity index (χ4v) is 2.12. The Morgan fingerprint density at radius 1 is 1.12 bits per heavy atom. The van der Waals surface area contributed by atoms with E-state index in [9.17, 15) is 0 Å². The molecule has 1 heterocycles. The topological polar surface area (TPSA) is 37.8 Å². The van der Waals surface area contributed by atoms with Gasteiger partial charge < -0.3 is 5.32 Å². The molecule has 2 rings (SSSR count). The van der Waals surface area contributed by atoms with Gasteiger partial charge in [-0.25, -0.2) is 9.97 Å². The quantitative estimate of drug-likeness (QED) is 0.720. The molecular weight excluding hydrogens is 393 g/mol. The Hall–Kier alpha value is -0.360. The highest BCUT2D eigenvalue weighted by atomic mass is 79.9. The summed E-state index contributed by atoms with van der Waals surface area (Å²) in [5, 5.41) is 4.01. The van der Waals surface area contributed by atoms with Crippen molar-refractivity contribution in [3.63, 3.8) is 0 Å². The summed E-state index contributed by atoms with van der Waals surface area (Å²) in [6.07, 6.45) is 1.38. The molecule has 0 spiro atoms. The van der Waals surface area contributed by atoms with Gasteiger partial charge in [0, 0.05) is 4.47 Å². The minimum atomic E-state index is 0.341. The third kappa shape index (κ3) is 3.10. The van der Waals surface area contributed by atoms with E-state index in [1.54, 1.807) is 6.07 Å². The maximum Gasteiger partial charge on any atom is 0.149 e. The van der Waals surface area contributed by atoms with E-state index in [4.69, 9.17) is 23.2 Å². The predicted molar refractivity (Wildman–Crippen MR) is 77.2 cm³/mol. The number of halogens is 4. The van der Waals surface area contributed by atoms with Crippen LogP contribution in [0.1, 0.15) is 0 Å². The molecule has 1 aromatic heterocycles. The van der Waals surface area contributed by atoms with Crippen molar-refractivity contribution in [2.24, 2.45) is 0 Å². The molecule has 88 valence electrons. The van der Waals surface area contributed by atoms with Crippen LogP contribution in [0.25, 0.3) is 0 Å². The van der Waals surface area contributed by atoms with Gasteiger partial charge in [0.05, 0.1) is 15.2 Å². The van der Waals surface area contributed by atoms with Crippen molar-refractivity contribution >= 4 is 66.6 Å². The third-order valence-electron chi connectivity index (χ3n) is 1.93. The van der Waals surface area contributed by atoms with Crippen LogP contribution in [0.5, 0.6) is 0 Å². The molecule has 0 radical (unpaired) electrons. The highest BCUT2D eigenvalue weighted by Gasteiger charge is 2.09. The van der Waals surface area contributed by atoms with E-state index in [2.05, 4.69) is 47.1 Å². The lowest BCUT2D eigenvalue weighted by Gasteiger charge is -2.09. The minimum absolute atomic E-state index is 0.341. The minimum Gasteiger partial charge on any atom is -0.338 e. The second-order valence-electron chi connectivity index (χ2n) is 3.08. The van der Waals surface area contributed by atoms with Crippen LogP contribution >= 0.6 is 55.1 Å². The standard InChI is InChI=1S/C10H5Br2Cl2N3/c11-5-1-2-6(13)7(3-5)17-10-8(12)9(14)15-4-16-10/h1-4H,(H,15,16,17). The molecule has 0 unspecified atom stereocenters. The first kappa shape index (κ1) is 13.1. The molecule has 0 saturated heterocycles. The first-order valence-corrected chi connectivity index (χ1v) is 6.80. The molecule has 7 heteroatoms. The van der Waals surface area contributed by atoms with E-state index in [1.807, 2.05) is 12.1 Å². The molecule has 0 amide bonds. The third-order valence-corrected chi connectivity index (χ3v) is 4.02. The molecule has 0 aliphatic heterocycles. The normalized spacial score (nSPS) is 10.4. The van der Waals surface area contributed by atoms with E-state index >= 15 is 0 Å². The number of aromatic nitrogens is 2. The lowest BCUT2D eigenvalue weighted by Crippen LogP contribution is -1.96. The van der Waals surface area contributed by atoms with Crippen LogP contribution in [0.15, 0.2) is 33.5 Å². The smallest absolute Gasteiger partial charge is 0.149 e. The SMILES string of the molecule is Clc1ccc(Br)cc1Nc1ncnc(Cl)c1Br. The van der Waals surface area contributed by atoms with Gasteiger partial charge in [0.25, 0.3) is 0 Å². The molecular formula is C10H5Br2Cl2N3. The summed E-state index contributed by atoms with van der Waals surface area (Å²) in [4.78, 5) is 7.92. The van der Waals surface area contributed by atoms with Crippen LogP contribution in [0.4, 0.5) is 11.5 Å². The van der Waals surface area contributed by atoms with E-state index in [1.165, 1.54) is 6.33 Å². The fourth-order valence-electron chi connectivity index (χ4n) is 1.16. The predicted octanol–water partition coefficient (Wildman–Crippen LogP) is 5.05. The summed E-state index contributed by atoms with van der Waals surface area (Å²) in [6.45, 7) is 0. The maximum absolute atomic E-state index is 6.06. The van der Waals surface area contributed by atoms with Crippen molar-refractivity contribution in [1.29, 1.82) is 0 Å². The van der Waals surface area contributed by atoms with Gasteiger partial charge in [-0.1, -0.05) is 39.1 Å². The van der Waals surface area contributed by atoms with Crippen molar-refractivity contribution in [2.45, 2.75) is 0 Å². The summed E-state index contributed by atoms with van der Waals surface area (Å²) in [6, 6.07) is 5.49. The number of benzene rings is 1. The summed E-state index contributed by atoms with van der Waals surface area (Å²) < 4.78 is 1.51. The Labute approximate surface area is 125 Å².